The van der Waals surface area contributed by atoms with Gasteiger partial charge < -0.3 is 33.5 Å². The quantitative estimate of drug-likeness (QED) is 0.400. The minimum Gasteiger partial charge on any atom is -0.497 e. The van der Waals surface area contributed by atoms with Crippen LogP contribution in [-0.4, -0.2) is 62.3 Å². The lowest BCUT2D eigenvalue weighted by atomic mass is 9.98. The fourth-order valence-corrected chi connectivity index (χ4v) is 4.86. The van der Waals surface area contributed by atoms with Gasteiger partial charge in [-0.25, -0.2) is 4.79 Å². The summed E-state index contributed by atoms with van der Waals surface area (Å²) in [6.45, 7) is 3.66. The molecule has 34 heavy (non-hydrogen) atoms. The van der Waals surface area contributed by atoms with Crippen LogP contribution < -0.4 is 9.47 Å². The van der Waals surface area contributed by atoms with Crippen LogP contribution in [0.4, 0.5) is 0 Å². The van der Waals surface area contributed by atoms with Gasteiger partial charge in [0.15, 0.2) is 12.6 Å². The van der Waals surface area contributed by atoms with E-state index in [1.165, 1.54) is 7.11 Å². The van der Waals surface area contributed by atoms with Crippen LogP contribution in [0.1, 0.15) is 55.5 Å². The molecule has 8 nitrogen and oxygen atoms in total. The average Bonchev–Trinajstić information content (AvgIpc) is 3.37. The van der Waals surface area contributed by atoms with Gasteiger partial charge in [0, 0.05) is 19.1 Å². The van der Waals surface area contributed by atoms with E-state index in [-0.39, 0.29) is 24.9 Å². The third kappa shape index (κ3) is 5.46. The third-order valence-electron chi connectivity index (χ3n) is 6.42. The summed E-state index contributed by atoms with van der Waals surface area (Å²) in [5.74, 6) is -0.381. The van der Waals surface area contributed by atoms with Crippen molar-refractivity contribution in [1.82, 2.24) is 0 Å². The molecule has 0 radical (unpaired) electrons. The van der Waals surface area contributed by atoms with Crippen LogP contribution in [0.3, 0.4) is 0 Å². The van der Waals surface area contributed by atoms with Gasteiger partial charge in [0.2, 0.25) is 0 Å². The summed E-state index contributed by atoms with van der Waals surface area (Å²) in [5.41, 5.74) is 0.925. The summed E-state index contributed by atoms with van der Waals surface area (Å²) in [6, 6.07) is 3.43. The first-order valence-electron chi connectivity index (χ1n) is 11.7. The molecule has 1 aliphatic carbocycles. The zero-order chi connectivity index (χ0) is 24.3. The minimum atomic E-state index is -0.832. The molecule has 0 aromatic heterocycles. The van der Waals surface area contributed by atoms with Gasteiger partial charge in [-0.3, -0.25) is 0 Å². The highest BCUT2D eigenvalue weighted by atomic mass is 16.8. The number of ether oxygens (including phenoxy) is 6. The van der Waals surface area contributed by atoms with Crippen molar-refractivity contribution in [3.8, 4) is 11.5 Å². The van der Waals surface area contributed by atoms with Crippen molar-refractivity contribution in [2.24, 2.45) is 5.92 Å². The second-order valence-corrected chi connectivity index (χ2v) is 9.33. The first-order chi connectivity index (χ1) is 16.3. The van der Waals surface area contributed by atoms with Gasteiger partial charge in [0.05, 0.1) is 13.2 Å². The summed E-state index contributed by atoms with van der Waals surface area (Å²) in [7, 11) is 3.07. The van der Waals surface area contributed by atoms with Crippen molar-refractivity contribution < 1.29 is 38.3 Å². The Morgan fingerprint density at radius 2 is 1.94 bits per heavy atom. The molecule has 2 aliphatic heterocycles. The molecule has 1 unspecified atom stereocenters. The van der Waals surface area contributed by atoms with Crippen LogP contribution in [0.5, 0.6) is 11.5 Å². The van der Waals surface area contributed by atoms with E-state index in [4.69, 9.17) is 28.4 Å². The van der Waals surface area contributed by atoms with E-state index in [1.807, 2.05) is 32.1 Å². The van der Waals surface area contributed by atoms with Crippen molar-refractivity contribution in [1.29, 1.82) is 0 Å². The molecule has 8 heteroatoms. The molecule has 1 N–H and O–H groups in total. The van der Waals surface area contributed by atoms with Crippen molar-refractivity contribution in [3.05, 3.63) is 41.5 Å². The number of carbonyl (C=O) groups is 1. The molecular weight excluding hydrogens is 440 g/mol. The summed E-state index contributed by atoms with van der Waals surface area (Å²) >= 11 is 0. The second kappa shape index (κ2) is 10.5. The minimum absolute atomic E-state index is 0.0101. The number of carbonyl (C=O) groups excluding carboxylic acids is 1. The molecule has 0 amide bonds. The summed E-state index contributed by atoms with van der Waals surface area (Å²) in [5, 5.41) is 10.9. The normalized spacial score (nSPS) is 30.6. The van der Waals surface area contributed by atoms with E-state index < -0.39 is 24.0 Å². The summed E-state index contributed by atoms with van der Waals surface area (Å²) in [6.07, 6.45) is 8.48. The maximum Gasteiger partial charge on any atom is 0.342 e. The number of benzene rings is 1. The van der Waals surface area contributed by atoms with Crippen molar-refractivity contribution in [3.63, 3.8) is 0 Å². The Labute approximate surface area is 200 Å². The molecule has 5 atom stereocenters. The monoisotopic (exact) mass is 474 g/mol. The maximum atomic E-state index is 13.4. The molecule has 2 heterocycles. The Hall–Kier alpha value is -2.39. The summed E-state index contributed by atoms with van der Waals surface area (Å²) in [4.78, 5) is 13.4. The van der Waals surface area contributed by atoms with Crippen LogP contribution in [-0.2, 0) is 18.9 Å². The van der Waals surface area contributed by atoms with E-state index in [1.54, 1.807) is 25.3 Å². The fraction of sp³-hybridized carbons (Fsp3) is 0.577. The Balaban J connectivity index is 1.76. The lowest BCUT2D eigenvalue weighted by Crippen LogP contribution is -2.34. The standard InChI is InChI=1S/C26H34O8/c1-26(2)33-21-10-6-8-17-13-18(30-4)14-22(31-15-29-3)23(17)25(28)32-20-9-5-7-16(20)11-12-19(27)24(21)34-26/h6,8,11-14,16,19-21,24,27H,5,7,9-10,15H2,1-4H3/t16-,19?,20+,21-,24+/m0/s1. The molecule has 1 aromatic rings. The largest absolute Gasteiger partial charge is 0.497 e. The molecule has 1 saturated carbocycles. The van der Waals surface area contributed by atoms with E-state index in [0.29, 0.717) is 29.0 Å². The number of hydrogen-bond acceptors (Lipinski definition) is 8. The Bertz CT molecular complexity index is 937. The highest BCUT2D eigenvalue weighted by Gasteiger charge is 2.43. The van der Waals surface area contributed by atoms with Crippen LogP contribution in [0.2, 0.25) is 0 Å². The summed E-state index contributed by atoms with van der Waals surface area (Å²) < 4.78 is 34.3. The fourth-order valence-electron chi connectivity index (χ4n) is 4.86. The van der Waals surface area contributed by atoms with Crippen LogP contribution >= 0.6 is 0 Å². The maximum absolute atomic E-state index is 13.4. The number of methoxy groups -OCH3 is 2. The second-order valence-electron chi connectivity index (χ2n) is 9.33. The van der Waals surface area contributed by atoms with Crippen LogP contribution in [0.25, 0.3) is 6.08 Å². The highest BCUT2D eigenvalue weighted by Crippen LogP contribution is 2.37. The molecule has 0 spiro atoms. The van der Waals surface area contributed by atoms with Gasteiger partial charge in [0.1, 0.15) is 35.4 Å². The van der Waals surface area contributed by atoms with E-state index in [0.717, 1.165) is 19.3 Å². The van der Waals surface area contributed by atoms with Gasteiger partial charge in [-0.2, -0.15) is 0 Å². The highest BCUT2D eigenvalue weighted by molar-refractivity contribution is 5.97. The Morgan fingerprint density at radius 1 is 1.12 bits per heavy atom. The Morgan fingerprint density at radius 3 is 2.71 bits per heavy atom. The number of hydrogen-bond donors (Lipinski definition) is 1. The smallest absolute Gasteiger partial charge is 0.342 e. The van der Waals surface area contributed by atoms with Crippen LogP contribution in [0.15, 0.2) is 30.4 Å². The van der Waals surface area contributed by atoms with Crippen molar-refractivity contribution in [2.45, 2.75) is 69.7 Å². The molecule has 186 valence electrons. The number of fused-ring (bicyclic) bond motifs is 3. The van der Waals surface area contributed by atoms with Gasteiger partial charge in [-0.1, -0.05) is 24.3 Å². The van der Waals surface area contributed by atoms with Gasteiger partial charge in [0.25, 0.3) is 0 Å². The molecule has 0 bridgehead atoms. The third-order valence-corrected chi connectivity index (χ3v) is 6.42. The predicted octanol–water partition coefficient (Wildman–Crippen LogP) is 3.86. The first kappa shape index (κ1) is 24.7. The predicted molar refractivity (Wildman–Crippen MR) is 125 cm³/mol. The zero-order valence-corrected chi connectivity index (χ0v) is 20.2. The molecular formula is C26H34O8. The molecule has 1 saturated heterocycles. The molecule has 1 aromatic carbocycles. The number of esters is 1. The van der Waals surface area contributed by atoms with E-state index >= 15 is 0 Å². The topological polar surface area (TPSA) is 92.7 Å². The number of rotatable bonds is 4. The van der Waals surface area contributed by atoms with E-state index in [2.05, 4.69) is 0 Å². The Kier molecular flexibility index (Phi) is 7.62. The number of aliphatic hydroxyl groups is 1. The van der Waals surface area contributed by atoms with Gasteiger partial charge in [-0.15, -0.1) is 0 Å². The van der Waals surface area contributed by atoms with Gasteiger partial charge in [-0.05, 0) is 51.2 Å². The van der Waals surface area contributed by atoms with Gasteiger partial charge >= 0.3 is 5.97 Å². The lowest BCUT2D eigenvalue weighted by molar-refractivity contribution is -0.152. The molecule has 3 aliphatic rings. The first-order valence-corrected chi connectivity index (χ1v) is 11.7. The molecule has 4 rings (SSSR count). The SMILES string of the molecule is COCOc1cc(OC)cc2c1C(=O)O[C@@H]1CCC[C@H]1C=CC(O)[C@H]1OC(C)(C)O[C@H]1CC=C2. The van der Waals surface area contributed by atoms with E-state index in [9.17, 15) is 9.90 Å². The number of aliphatic hydroxyl groups excluding tert-OH is 1. The van der Waals surface area contributed by atoms with Crippen molar-refractivity contribution >= 4 is 12.0 Å². The zero-order valence-electron chi connectivity index (χ0n) is 20.2. The van der Waals surface area contributed by atoms with Crippen molar-refractivity contribution in [2.75, 3.05) is 21.0 Å². The average molecular weight is 475 g/mol. The van der Waals surface area contributed by atoms with Crippen LogP contribution in [0, 0.1) is 5.92 Å². The molecule has 2 fully saturated rings. The lowest BCUT2D eigenvalue weighted by Gasteiger charge is -2.22.